The monoisotopic (exact) mass is 228 g/mol. The molecule has 0 radical (unpaired) electrons. The number of nitrogens with zero attached hydrogens (tertiary/aromatic N) is 2. The molecule has 0 saturated heterocycles. The van der Waals surface area contributed by atoms with Crippen molar-refractivity contribution >= 4 is 24.1 Å². The zero-order valence-electron chi connectivity index (χ0n) is 8.17. The van der Waals surface area contributed by atoms with E-state index in [1.54, 1.807) is 0 Å². The van der Waals surface area contributed by atoms with Crippen LogP contribution in [0.1, 0.15) is 0 Å². The van der Waals surface area contributed by atoms with E-state index in [9.17, 15) is 19.2 Å². The standard InChI is InChI=1S/C8H8N2O6/c11-5-9-1-3-15-7(13)8(14)16-4-2-10-6-12/h1-4H2. The average Bonchev–Trinajstić information content (AvgIpc) is 2.29. The Balaban J connectivity index is 3.68. The summed E-state index contributed by atoms with van der Waals surface area (Å²) >= 11 is 0. The Hall–Kier alpha value is -2.30. The normalized spacial score (nSPS) is 8.25. The highest BCUT2D eigenvalue weighted by Crippen LogP contribution is 1.85. The molecule has 0 rings (SSSR count). The van der Waals surface area contributed by atoms with Gasteiger partial charge in [-0.1, -0.05) is 0 Å². The van der Waals surface area contributed by atoms with Crippen LogP contribution in [0.15, 0.2) is 9.98 Å². The van der Waals surface area contributed by atoms with E-state index in [0.717, 1.165) is 0 Å². The lowest BCUT2D eigenvalue weighted by Crippen LogP contribution is -2.22. The van der Waals surface area contributed by atoms with Crippen molar-refractivity contribution in [3.63, 3.8) is 0 Å². The Labute approximate surface area is 90.0 Å². The van der Waals surface area contributed by atoms with Crippen molar-refractivity contribution in [2.75, 3.05) is 26.3 Å². The fraction of sp³-hybridized carbons (Fsp3) is 0.500. The molecule has 0 aliphatic carbocycles. The molecule has 0 aromatic carbocycles. The summed E-state index contributed by atoms with van der Waals surface area (Å²) in [6.07, 6.45) is 2.48. The zero-order chi connectivity index (χ0) is 12.2. The van der Waals surface area contributed by atoms with Crippen LogP contribution in [0.3, 0.4) is 0 Å². The first-order valence-corrected chi connectivity index (χ1v) is 4.13. The third-order valence-electron chi connectivity index (χ3n) is 1.17. The molecular formula is C8H8N2O6. The van der Waals surface area contributed by atoms with Crippen molar-refractivity contribution in [3.8, 4) is 0 Å². The van der Waals surface area contributed by atoms with Gasteiger partial charge in [0.15, 0.2) is 0 Å². The predicted octanol–water partition coefficient (Wildman–Crippen LogP) is -1.26. The lowest BCUT2D eigenvalue weighted by molar-refractivity contribution is -0.167. The highest BCUT2D eigenvalue weighted by molar-refractivity contribution is 6.29. The SMILES string of the molecule is O=C=NCCOC(=O)C(=O)OCCN=C=O. The first-order chi connectivity index (χ1) is 7.72. The number of isocyanates is 2. The van der Waals surface area contributed by atoms with E-state index in [0.29, 0.717) is 0 Å². The summed E-state index contributed by atoms with van der Waals surface area (Å²) < 4.78 is 8.74. The summed E-state index contributed by atoms with van der Waals surface area (Å²) in [5, 5.41) is 0. The molecule has 0 bridgehead atoms. The maximum atomic E-state index is 10.8. The van der Waals surface area contributed by atoms with Crippen molar-refractivity contribution in [3.05, 3.63) is 0 Å². The highest BCUT2D eigenvalue weighted by Gasteiger charge is 2.16. The maximum Gasteiger partial charge on any atom is 0.417 e. The Bertz CT molecular complexity index is 306. The molecule has 0 N–H and O–H groups in total. The molecule has 86 valence electrons. The van der Waals surface area contributed by atoms with Crippen LogP contribution in [-0.2, 0) is 28.7 Å². The lowest BCUT2D eigenvalue weighted by atomic mass is 10.6. The van der Waals surface area contributed by atoms with Gasteiger partial charge in [-0.15, -0.1) is 0 Å². The van der Waals surface area contributed by atoms with Crippen LogP contribution in [0.4, 0.5) is 0 Å². The third kappa shape index (κ3) is 7.14. The smallest absolute Gasteiger partial charge is 0.417 e. The van der Waals surface area contributed by atoms with Crippen LogP contribution in [0.2, 0.25) is 0 Å². The molecule has 0 aliphatic rings. The number of rotatable bonds is 6. The molecule has 0 aliphatic heterocycles. The van der Waals surface area contributed by atoms with Crippen molar-refractivity contribution in [1.29, 1.82) is 0 Å². The Morgan fingerprint density at radius 2 is 1.25 bits per heavy atom. The minimum atomic E-state index is -1.20. The molecule has 0 spiro atoms. The fourth-order valence-corrected chi connectivity index (χ4v) is 0.577. The van der Waals surface area contributed by atoms with Gasteiger partial charge >= 0.3 is 11.9 Å². The van der Waals surface area contributed by atoms with Gasteiger partial charge in [0.2, 0.25) is 12.2 Å². The number of aliphatic imine (C=N–C) groups is 2. The number of carbonyl (C=O) groups excluding carboxylic acids is 4. The van der Waals surface area contributed by atoms with Crippen LogP contribution < -0.4 is 0 Å². The Kier molecular flexibility index (Phi) is 7.93. The van der Waals surface area contributed by atoms with Gasteiger partial charge in [0.1, 0.15) is 13.2 Å². The number of carbonyl (C=O) groups is 2. The first kappa shape index (κ1) is 13.7. The van der Waals surface area contributed by atoms with E-state index < -0.39 is 11.9 Å². The summed E-state index contributed by atoms with van der Waals surface area (Å²) in [6, 6.07) is 0. The van der Waals surface area contributed by atoms with E-state index in [4.69, 9.17) is 0 Å². The second-order valence-corrected chi connectivity index (χ2v) is 2.22. The molecule has 0 unspecified atom stereocenters. The van der Waals surface area contributed by atoms with Crippen molar-refractivity contribution in [2.24, 2.45) is 9.98 Å². The molecular weight excluding hydrogens is 220 g/mol. The Morgan fingerprint density at radius 1 is 0.875 bits per heavy atom. The molecule has 8 nitrogen and oxygen atoms in total. The number of hydrogen-bond acceptors (Lipinski definition) is 8. The van der Waals surface area contributed by atoms with Gasteiger partial charge in [0.05, 0.1) is 13.1 Å². The second kappa shape index (κ2) is 9.26. The van der Waals surface area contributed by atoms with Crippen LogP contribution in [0, 0.1) is 0 Å². The van der Waals surface area contributed by atoms with Crippen LogP contribution >= 0.6 is 0 Å². The minimum Gasteiger partial charge on any atom is -0.455 e. The van der Waals surface area contributed by atoms with E-state index in [1.807, 2.05) is 0 Å². The van der Waals surface area contributed by atoms with Crippen molar-refractivity contribution < 1.29 is 28.7 Å². The molecule has 0 aromatic heterocycles. The van der Waals surface area contributed by atoms with Gasteiger partial charge < -0.3 is 9.47 Å². The molecule has 0 saturated carbocycles. The molecule has 0 fully saturated rings. The van der Waals surface area contributed by atoms with Gasteiger partial charge in [0, 0.05) is 0 Å². The Morgan fingerprint density at radius 3 is 1.56 bits per heavy atom. The van der Waals surface area contributed by atoms with E-state index in [-0.39, 0.29) is 26.3 Å². The third-order valence-corrected chi connectivity index (χ3v) is 1.17. The van der Waals surface area contributed by atoms with Gasteiger partial charge in [-0.05, 0) is 0 Å². The molecule has 0 amide bonds. The van der Waals surface area contributed by atoms with Crippen LogP contribution in [0.25, 0.3) is 0 Å². The summed E-state index contributed by atoms with van der Waals surface area (Å²) in [7, 11) is 0. The van der Waals surface area contributed by atoms with Crippen LogP contribution in [-0.4, -0.2) is 50.4 Å². The van der Waals surface area contributed by atoms with E-state index in [2.05, 4.69) is 19.5 Å². The largest absolute Gasteiger partial charge is 0.455 e. The van der Waals surface area contributed by atoms with Gasteiger partial charge in [-0.3, -0.25) is 0 Å². The fourth-order valence-electron chi connectivity index (χ4n) is 0.577. The molecule has 0 aromatic rings. The molecule has 16 heavy (non-hydrogen) atoms. The number of hydrogen-bond donors (Lipinski definition) is 0. The molecule has 0 heterocycles. The van der Waals surface area contributed by atoms with E-state index >= 15 is 0 Å². The minimum absolute atomic E-state index is 0.0715. The first-order valence-electron chi connectivity index (χ1n) is 4.13. The summed E-state index contributed by atoms with van der Waals surface area (Å²) in [5.74, 6) is -2.40. The molecule has 0 atom stereocenters. The average molecular weight is 228 g/mol. The van der Waals surface area contributed by atoms with Gasteiger partial charge in [-0.25, -0.2) is 29.2 Å². The second-order valence-electron chi connectivity index (χ2n) is 2.22. The van der Waals surface area contributed by atoms with Gasteiger partial charge in [-0.2, -0.15) is 0 Å². The number of esters is 2. The number of ether oxygens (including phenoxy) is 2. The summed E-state index contributed by atoms with van der Waals surface area (Å²) in [6.45, 7) is -0.568. The lowest BCUT2D eigenvalue weighted by Gasteiger charge is -2.01. The predicted molar refractivity (Wildman–Crippen MR) is 47.9 cm³/mol. The van der Waals surface area contributed by atoms with Crippen molar-refractivity contribution in [1.82, 2.24) is 0 Å². The van der Waals surface area contributed by atoms with Crippen LogP contribution in [0.5, 0.6) is 0 Å². The maximum absolute atomic E-state index is 10.8. The van der Waals surface area contributed by atoms with Gasteiger partial charge in [0.25, 0.3) is 0 Å². The zero-order valence-corrected chi connectivity index (χ0v) is 8.17. The van der Waals surface area contributed by atoms with Crippen molar-refractivity contribution in [2.45, 2.75) is 0 Å². The topological polar surface area (TPSA) is 111 Å². The molecule has 8 heteroatoms. The highest BCUT2D eigenvalue weighted by atomic mass is 16.6. The summed E-state index contributed by atoms with van der Waals surface area (Å²) in [4.78, 5) is 47.1. The van der Waals surface area contributed by atoms with E-state index in [1.165, 1.54) is 12.2 Å². The quantitative estimate of drug-likeness (QED) is 0.184. The summed E-state index contributed by atoms with van der Waals surface area (Å²) in [5.41, 5.74) is 0.